The molecule has 0 spiro atoms. The summed E-state index contributed by atoms with van der Waals surface area (Å²) in [5.74, 6) is 4.11. The van der Waals surface area contributed by atoms with Crippen LogP contribution < -0.4 is 0 Å². The van der Waals surface area contributed by atoms with Gasteiger partial charge >= 0.3 is 0 Å². The Kier molecular flexibility index (Phi) is 3.93. The fourth-order valence-electron chi connectivity index (χ4n) is 7.37. The van der Waals surface area contributed by atoms with Crippen molar-refractivity contribution >= 4 is 0 Å². The number of methoxy groups -OCH3 is 1. The lowest BCUT2D eigenvalue weighted by atomic mass is 9.46. The summed E-state index contributed by atoms with van der Waals surface area (Å²) in [7, 11) is 1.87. The molecule has 0 saturated heterocycles. The zero-order chi connectivity index (χ0) is 16.2. The van der Waals surface area contributed by atoms with Gasteiger partial charge in [-0.25, -0.2) is 0 Å². The van der Waals surface area contributed by atoms with Gasteiger partial charge in [-0.2, -0.15) is 0 Å². The Morgan fingerprint density at radius 1 is 1.09 bits per heavy atom. The third-order valence-corrected chi connectivity index (χ3v) is 8.73. The quantitative estimate of drug-likeness (QED) is 0.763. The van der Waals surface area contributed by atoms with Crippen molar-refractivity contribution in [2.24, 2.45) is 40.4 Å². The molecule has 3 saturated carbocycles. The van der Waals surface area contributed by atoms with Crippen LogP contribution in [0.1, 0.15) is 58.8 Å². The third-order valence-electron chi connectivity index (χ3n) is 8.73. The van der Waals surface area contributed by atoms with E-state index in [1.807, 2.05) is 7.11 Å². The number of hydrogen-bond acceptors (Lipinski definition) is 2. The number of aliphatic hydroxyl groups excluding tert-OH is 1. The number of rotatable bonds is 2. The van der Waals surface area contributed by atoms with Gasteiger partial charge in [0.15, 0.2) is 0 Å². The van der Waals surface area contributed by atoms with Gasteiger partial charge in [-0.1, -0.05) is 26.0 Å². The molecule has 0 aromatic rings. The molecule has 4 rings (SSSR count). The third kappa shape index (κ3) is 2.28. The van der Waals surface area contributed by atoms with Gasteiger partial charge in [0.25, 0.3) is 0 Å². The van der Waals surface area contributed by atoms with Crippen molar-refractivity contribution in [2.45, 2.75) is 64.9 Å². The van der Waals surface area contributed by atoms with Crippen molar-refractivity contribution in [3.05, 3.63) is 12.2 Å². The molecule has 0 radical (unpaired) electrons. The molecule has 130 valence electrons. The van der Waals surface area contributed by atoms with Gasteiger partial charge in [0, 0.05) is 13.7 Å². The van der Waals surface area contributed by atoms with Crippen molar-refractivity contribution in [2.75, 3.05) is 13.7 Å². The Hall–Kier alpha value is -0.340. The minimum atomic E-state index is -0.198. The molecule has 0 amide bonds. The van der Waals surface area contributed by atoms with Crippen LogP contribution in [0.15, 0.2) is 12.2 Å². The van der Waals surface area contributed by atoms with E-state index in [0.717, 1.165) is 36.7 Å². The van der Waals surface area contributed by atoms with E-state index in [0.29, 0.717) is 16.7 Å². The lowest BCUT2D eigenvalue weighted by Crippen LogP contribution is -2.52. The maximum Gasteiger partial charge on any atom is 0.0724 e. The predicted molar refractivity (Wildman–Crippen MR) is 93.0 cm³/mol. The second-order valence-electron chi connectivity index (χ2n) is 9.45. The monoisotopic (exact) mass is 318 g/mol. The smallest absolute Gasteiger partial charge is 0.0724 e. The zero-order valence-corrected chi connectivity index (χ0v) is 15.1. The summed E-state index contributed by atoms with van der Waals surface area (Å²) < 4.78 is 5.55. The van der Waals surface area contributed by atoms with Gasteiger partial charge in [-0.15, -0.1) is 0 Å². The number of fused-ring (bicyclic) bond motifs is 5. The summed E-state index contributed by atoms with van der Waals surface area (Å²) in [6, 6.07) is 0. The molecule has 0 aromatic carbocycles. The Balaban J connectivity index is 1.61. The Bertz CT molecular complexity index is 486. The molecule has 3 fully saturated rings. The van der Waals surface area contributed by atoms with E-state index in [2.05, 4.69) is 26.0 Å². The first kappa shape index (κ1) is 16.1. The molecular weight excluding hydrogens is 284 g/mol. The van der Waals surface area contributed by atoms with Crippen LogP contribution in [0, 0.1) is 40.4 Å². The largest absolute Gasteiger partial charge is 0.389 e. The van der Waals surface area contributed by atoms with E-state index in [1.165, 1.54) is 38.5 Å². The number of aliphatic hydroxyl groups is 1. The van der Waals surface area contributed by atoms with Crippen molar-refractivity contribution in [1.29, 1.82) is 0 Å². The lowest BCUT2D eigenvalue weighted by Gasteiger charge is -2.59. The second-order valence-corrected chi connectivity index (χ2v) is 9.45. The van der Waals surface area contributed by atoms with Crippen LogP contribution in [0.3, 0.4) is 0 Å². The van der Waals surface area contributed by atoms with Crippen molar-refractivity contribution in [1.82, 2.24) is 0 Å². The standard InChI is InChI=1S/C21H34O2/c1-20-10-8-16(22)12-14(20)4-6-17-18-7-5-15(13-23-3)21(18,2)11-9-19(17)20/h8,10,14-19,22H,4-7,9,11-13H2,1-3H3/t14-,15+,16?,17-,18-,19-,20-,21+/m0/s1. The van der Waals surface area contributed by atoms with E-state index in [9.17, 15) is 5.11 Å². The second kappa shape index (κ2) is 5.59. The van der Waals surface area contributed by atoms with Crippen molar-refractivity contribution in [3.63, 3.8) is 0 Å². The lowest BCUT2D eigenvalue weighted by molar-refractivity contribution is -0.0912. The summed E-state index contributed by atoms with van der Waals surface area (Å²) in [6.45, 7) is 6.02. The van der Waals surface area contributed by atoms with Gasteiger partial charge in [0.1, 0.15) is 0 Å². The maximum atomic E-state index is 10.0. The van der Waals surface area contributed by atoms with E-state index >= 15 is 0 Å². The van der Waals surface area contributed by atoms with E-state index in [-0.39, 0.29) is 6.10 Å². The van der Waals surface area contributed by atoms with E-state index in [1.54, 1.807) is 0 Å². The predicted octanol–water partition coefficient (Wildman–Crippen LogP) is 4.43. The fourth-order valence-corrected chi connectivity index (χ4v) is 7.37. The first-order valence-electron chi connectivity index (χ1n) is 9.85. The SMILES string of the molecule is COC[C@H]1CC[C@H]2[C@@H]3CC[C@H]4CC(O)C=C[C@]4(C)[C@H]3CC[C@]12C. The minimum Gasteiger partial charge on any atom is -0.389 e. The first-order chi connectivity index (χ1) is 11.0. The normalized spacial score (nSPS) is 55.1. The average molecular weight is 319 g/mol. The molecule has 0 bridgehead atoms. The van der Waals surface area contributed by atoms with Gasteiger partial charge in [-0.3, -0.25) is 0 Å². The molecule has 1 N–H and O–H groups in total. The molecule has 4 aliphatic rings. The Labute approximate surface area is 141 Å². The van der Waals surface area contributed by atoms with Crippen molar-refractivity contribution < 1.29 is 9.84 Å². The van der Waals surface area contributed by atoms with Gasteiger partial charge in [0.05, 0.1) is 6.10 Å². The van der Waals surface area contributed by atoms with E-state index < -0.39 is 0 Å². The fraction of sp³-hybridized carbons (Fsp3) is 0.905. The van der Waals surface area contributed by atoms with Crippen LogP contribution in [0.25, 0.3) is 0 Å². The summed E-state index contributed by atoms with van der Waals surface area (Å²) >= 11 is 0. The molecule has 0 heterocycles. The van der Waals surface area contributed by atoms with Crippen LogP contribution in [-0.2, 0) is 4.74 Å². The number of ether oxygens (including phenoxy) is 1. The van der Waals surface area contributed by atoms with Gasteiger partial charge < -0.3 is 9.84 Å². The topological polar surface area (TPSA) is 29.5 Å². The van der Waals surface area contributed by atoms with Crippen LogP contribution in [0.4, 0.5) is 0 Å². The van der Waals surface area contributed by atoms with Gasteiger partial charge in [0.2, 0.25) is 0 Å². The molecule has 0 aromatic heterocycles. The molecule has 0 aliphatic heterocycles. The highest BCUT2D eigenvalue weighted by atomic mass is 16.5. The Morgan fingerprint density at radius 2 is 1.91 bits per heavy atom. The summed E-state index contributed by atoms with van der Waals surface area (Å²) in [4.78, 5) is 0. The molecule has 2 nitrogen and oxygen atoms in total. The Morgan fingerprint density at radius 3 is 2.70 bits per heavy atom. The number of hydrogen-bond donors (Lipinski definition) is 1. The molecule has 4 aliphatic carbocycles. The van der Waals surface area contributed by atoms with Gasteiger partial charge in [-0.05, 0) is 85.4 Å². The van der Waals surface area contributed by atoms with E-state index in [4.69, 9.17) is 4.74 Å². The summed E-state index contributed by atoms with van der Waals surface area (Å²) in [5, 5.41) is 10.0. The highest BCUT2D eigenvalue weighted by Gasteiger charge is 2.59. The van der Waals surface area contributed by atoms with Crippen LogP contribution >= 0.6 is 0 Å². The highest BCUT2D eigenvalue weighted by Crippen LogP contribution is 2.66. The zero-order valence-electron chi connectivity index (χ0n) is 15.1. The average Bonchev–Trinajstić information content (AvgIpc) is 2.85. The van der Waals surface area contributed by atoms with Crippen molar-refractivity contribution in [3.8, 4) is 0 Å². The summed E-state index contributed by atoms with van der Waals surface area (Å²) in [6.07, 6.45) is 13.6. The molecule has 8 atom stereocenters. The van der Waals surface area contributed by atoms with Crippen LogP contribution in [0.2, 0.25) is 0 Å². The molecular formula is C21H34O2. The molecule has 1 unspecified atom stereocenters. The summed E-state index contributed by atoms with van der Waals surface area (Å²) in [5.41, 5.74) is 0.848. The van der Waals surface area contributed by atoms with Crippen LogP contribution in [-0.4, -0.2) is 24.9 Å². The minimum absolute atomic E-state index is 0.198. The first-order valence-corrected chi connectivity index (χ1v) is 9.85. The maximum absolute atomic E-state index is 10.0. The number of allylic oxidation sites excluding steroid dienone is 1. The molecule has 23 heavy (non-hydrogen) atoms. The molecule has 2 heteroatoms. The highest BCUT2D eigenvalue weighted by molar-refractivity contribution is 5.17. The van der Waals surface area contributed by atoms with Crippen LogP contribution in [0.5, 0.6) is 0 Å².